The summed E-state index contributed by atoms with van der Waals surface area (Å²) in [5.41, 5.74) is -0.0111. The van der Waals surface area contributed by atoms with Gasteiger partial charge in [0.05, 0.1) is 11.3 Å². The lowest BCUT2D eigenvalue weighted by molar-refractivity contribution is 0.0693. The lowest BCUT2D eigenvalue weighted by Gasteiger charge is -2.08. The number of hydrogen-bond acceptors (Lipinski definition) is 5. The Balaban J connectivity index is 2.25. The van der Waals surface area contributed by atoms with E-state index in [0.29, 0.717) is 5.56 Å². The number of benzene rings is 1. The third-order valence-electron chi connectivity index (χ3n) is 2.64. The molecule has 0 bridgehead atoms. The number of carbonyl (C=O) groups is 2. The topological polar surface area (TPSA) is 123 Å². The quantitative estimate of drug-likeness (QED) is 0.735. The standard InChI is InChI=1S/C14H9N3O4/c15-6-8-4-5-11(16-7-8)13(19)17-10-3-1-2-9(12(10)18)14(20)21/h1-5,7,18H,(H,17,19)(H,20,21). The first kappa shape index (κ1) is 14.0. The number of nitrogens with one attached hydrogen (secondary N) is 1. The summed E-state index contributed by atoms with van der Waals surface area (Å²) in [6, 6.07) is 8.63. The first-order valence-electron chi connectivity index (χ1n) is 5.75. The second kappa shape index (κ2) is 5.71. The van der Waals surface area contributed by atoms with Crippen molar-refractivity contribution in [2.24, 2.45) is 0 Å². The van der Waals surface area contributed by atoms with Gasteiger partial charge in [0.1, 0.15) is 17.3 Å². The number of nitriles is 1. The minimum absolute atomic E-state index is 0.0361. The molecule has 0 spiro atoms. The minimum atomic E-state index is -1.31. The van der Waals surface area contributed by atoms with Crippen molar-refractivity contribution >= 4 is 17.6 Å². The summed E-state index contributed by atoms with van der Waals surface area (Å²) >= 11 is 0. The van der Waals surface area contributed by atoms with Crippen molar-refractivity contribution in [1.82, 2.24) is 4.98 Å². The highest BCUT2D eigenvalue weighted by atomic mass is 16.4. The highest BCUT2D eigenvalue weighted by Crippen LogP contribution is 2.27. The fraction of sp³-hybridized carbons (Fsp3) is 0. The highest BCUT2D eigenvalue weighted by molar-refractivity contribution is 6.05. The zero-order valence-corrected chi connectivity index (χ0v) is 10.6. The van der Waals surface area contributed by atoms with Gasteiger partial charge in [-0.15, -0.1) is 0 Å². The molecule has 0 fully saturated rings. The Labute approximate surface area is 119 Å². The first-order valence-corrected chi connectivity index (χ1v) is 5.75. The van der Waals surface area contributed by atoms with Gasteiger partial charge in [0, 0.05) is 6.20 Å². The number of phenols is 1. The van der Waals surface area contributed by atoms with Crippen LogP contribution >= 0.6 is 0 Å². The predicted molar refractivity (Wildman–Crippen MR) is 72.0 cm³/mol. The molecule has 0 saturated heterocycles. The van der Waals surface area contributed by atoms with E-state index >= 15 is 0 Å². The van der Waals surface area contributed by atoms with E-state index in [1.165, 1.54) is 36.5 Å². The molecule has 0 aliphatic heterocycles. The Kier molecular flexibility index (Phi) is 3.81. The Morgan fingerprint density at radius 3 is 2.57 bits per heavy atom. The molecule has 0 unspecified atom stereocenters. The van der Waals surface area contributed by atoms with Gasteiger partial charge in [0.2, 0.25) is 0 Å². The van der Waals surface area contributed by atoms with Gasteiger partial charge < -0.3 is 15.5 Å². The maximum atomic E-state index is 11.9. The molecular formula is C14H9N3O4. The van der Waals surface area contributed by atoms with Crippen LogP contribution in [0.25, 0.3) is 0 Å². The maximum Gasteiger partial charge on any atom is 0.339 e. The normalized spacial score (nSPS) is 9.67. The fourth-order valence-corrected chi connectivity index (χ4v) is 1.60. The number of aromatic carboxylic acids is 1. The molecule has 2 rings (SSSR count). The van der Waals surface area contributed by atoms with Crippen molar-refractivity contribution in [2.45, 2.75) is 0 Å². The molecule has 7 heteroatoms. The second-order valence-electron chi connectivity index (χ2n) is 4.00. The lowest BCUT2D eigenvalue weighted by Crippen LogP contribution is -2.14. The largest absolute Gasteiger partial charge is 0.505 e. The molecule has 104 valence electrons. The van der Waals surface area contributed by atoms with Gasteiger partial charge in [0.15, 0.2) is 5.75 Å². The van der Waals surface area contributed by atoms with Crippen LogP contribution in [0.1, 0.15) is 26.4 Å². The molecule has 1 amide bonds. The van der Waals surface area contributed by atoms with Crippen LogP contribution in [-0.4, -0.2) is 27.1 Å². The van der Waals surface area contributed by atoms with Gasteiger partial charge in [-0.2, -0.15) is 5.26 Å². The van der Waals surface area contributed by atoms with Crippen LogP contribution in [0.4, 0.5) is 5.69 Å². The van der Waals surface area contributed by atoms with E-state index < -0.39 is 17.6 Å². The average molecular weight is 283 g/mol. The number of carboxylic acids is 1. The van der Waals surface area contributed by atoms with E-state index in [9.17, 15) is 14.7 Å². The monoisotopic (exact) mass is 283 g/mol. The number of rotatable bonds is 3. The molecule has 0 aliphatic rings. The van der Waals surface area contributed by atoms with Crippen molar-refractivity contribution in [1.29, 1.82) is 5.26 Å². The van der Waals surface area contributed by atoms with E-state index in [1.807, 2.05) is 6.07 Å². The first-order chi connectivity index (χ1) is 10.0. The third-order valence-corrected chi connectivity index (χ3v) is 2.64. The molecule has 1 aromatic heterocycles. The molecule has 0 radical (unpaired) electrons. The molecule has 21 heavy (non-hydrogen) atoms. The number of carbonyl (C=O) groups excluding carboxylic acids is 1. The van der Waals surface area contributed by atoms with Crippen LogP contribution in [-0.2, 0) is 0 Å². The van der Waals surface area contributed by atoms with Crippen molar-refractivity contribution in [3.05, 3.63) is 53.3 Å². The second-order valence-corrected chi connectivity index (χ2v) is 4.00. The number of amides is 1. The van der Waals surface area contributed by atoms with Crippen molar-refractivity contribution in [3.8, 4) is 11.8 Å². The third kappa shape index (κ3) is 2.96. The van der Waals surface area contributed by atoms with Crippen molar-refractivity contribution in [2.75, 3.05) is 5.32 Å². The number of pyridine rings is 1. The van der Waals surface area contributed by atoms with Gasteiger partial charge in [-0.25, -0.2) is 9.78 Å². The SMILES string of the molecule is N#Cc1ccc(C(=O)Nc2cccc(C(=O)O)c2O)nc1. The van der Waals surface area contributed by atoms with Crippen molar-refractivity contribution < 1.29 is 19.8 Å². The summed E-state index contributed by atoms with van der Waals surface area (Å²) in [6.45, 7) is 0. The summed E-state index contributed by atoms with van der Waals surface area (Å²) in [4.78, 5) is 26.6. The van der Waals surface area contributed by atoms with Crippen molar-refractivity contribution in [3.63, 3.8) is 0 Å². The summed E-state index contributed by atoms with van der Waals surface area (Å²) in [7, 11) is 0. The Bertz CT molecular complexity index is 748. The Morgan fingerprint density at radius 1 is 1.24 bits per heavy atom. The van der Waals surface area contributed by atoms with Crippen LogP contribution in [0.5, 0.6) is 5.75 Å². The average Bonchev–Trinajstić information content (AvgIpc) is 2.49. The highest BCUT2D eigenvalue weighted by Gasteiger charge is 2.15. The number of anilines is 1. The van der Waals surface area contributed by atoms with Crippen LogP contribution in [0, 0.1) is 11.3 Å². The minimum Gasteiger partial charge on any atom is -0.505 e. The van der Waals surface area contributed by atoms with Crippen LogP contribution < -0.4 is 5.32 Å². The summed E-state index contributed by atoms with van der Waals surface area (Å²) in [5.74, 6) is -2.47. The zero-order valence-electron chi connectivity index (χ0n) is 10.6. The van der Waals surface area contributed by atoms with E-state index in [2.05, 4.69) is 10.3 Å². The molecular weight excluding hydrogens is 274 g/mol. The smallest absolute Gasteiger partial charge is 0.339 e. The molecule has 7 nitrogen and oxygen atoms in total. The van der Waals surface area contributed by atoms with E-state index in [4.69, 9.17) is 10.4 Å². The van der Waals surface area contributed by atoms with Crippen LogP contribution in [0.15, 0.2) is 36.5 Å². The molecule has 3 N–H and O–H groups in total. The molecule has 1 heterocycles. The maximum absolute atomic E-state index is 11.9. The van der Waals surface area contributed by atoms with E-state index in [0.717, 1.165) is 0 Å². The lowest BCUT2D eigenvalue weighted by atomic mass is 10.1. The number of hydrogen-bond donors (Lipinski definition) is 3. The summed E-state index contributed by atoms with van der Waals surface area (Å²) in [5, 5.41) is 29.7. The van der Waals surface area contributed by atoms with Crippen LogP contribution in [0.2, 0.25) is 0 Å². The van der Waals surface area contributed by atoms with Crippen LogP contribution in [0.3, 0.4) is 0 Å². The van der Waals surface area contributed by atoms with Gasteiger partial charge in [-0.1, -0.05) is 6.07 Å². The molecule has 0 saturated carbocycles. The fourth-order valence-electron chi connectivity index (χ4n) is 1.60. The zero-order chi connectivity index (χ0) is 15.4. The summed E-state index contributed by atoms with van der Waals surface area (Å²) < 4.78 is 0. The number of nitrogens with zero attached hydrogens (tertiary/aromatic N) is 2. The number of aromatic hydroxyl groups is 1. The molecule has 0 atom stereocenters. The predicted octanol–water partition coefficient (Wildman–Crippen LogP) is 1.61. The Hall–Kier alpha value is -3.40. The van der Waals surface area contributed by atoms with E-state index in [1.54, 1.807) is 0 Å². The molecule has 2 aromatic rings. The van der Waals surface area contributed by atoms with Gasteiger partial charge in [-0.3, -0.25) is 4.79 Å². The number of carboxylic acid groups (broad SMARTS) is 1. The number of aromatic nitrogens is 1. The van der Waals surface area contributed by atoms with E-state index in [-0.39, 0.29) is 16.9 Å². The Morgan fingerprint density at radius 2 is 2.00 bits per heavy atom. The number of para-hydroxylation sites is 1. The summed E-state index contributed by atoms with van der Waals surface area (Å²) in [6.07, 6.45) is 1.24. The van der Waals surface area contributed by atoms with Gasteiger partial charge in [0.25, 0.3) is 5.91 Å². The van der Waals surface area contributed by atoms with Gasteiger partial charge in [-0.05, 0) is 24.3 Å². The molecule has 0 aliphatic carbocycles. The molecule has 1 aromatic carbocycles. The van der Waals surface area contributed by atoms with Gasteiger partial charge >= 0.3 is 5.97 Å².